The van der Waals surface area contributed by atoms with Crippen LogP contribution in [-0.2, 0) is 13.6 Å². The number of nitrogens with two attached hydrogens (primary N) is 1. The highest BCUT2D eigenvalue weighted by Crippen LogP contribution is 2.31. The number of nitrogens with zero attached hydrogens (tertiary/aromatic N) is 5. The molecule has 0 aliphatic heterocycles. The van der Waals surface area contributed by atoms with E-state index in [0.29, 0.717) is 23.9 Å². The van der Waals surface area contributed by atoms with Gasteiger partial charge in [-0.3, -0.25) is 14.8 Å². The Morgan fingerprint density at radius 3 is 2.67 bits per heavy atom. The SMILES string of the molecule is Cc1nn(C(C)C)c(NCc2cnn(C)c2N)c1[N+](=O)[O-]. The summed E-state index contributed by atoms with van der Waals surface area (Å²) in [5.74, 6) is 0.910. The summed E-state index contributed by atoms with van der Waals surface area (Å²) in [4.78, 5) is 10.8. The Morgan fingerprint density at radius 2 is 2.19 bits per heavy atom. The van der Waals surface area contributed by atoms with E-state index in [2.05, 4.69) is 15.5 Å². The predicted octanol–water partition coefficient (Wildman–Crippen LogP) is 1.61. The number of aromatic nitrogens is 4. The van der Waals surface area contributed by atoms with E-state index in [1.54, 1.807) is 29.5 Å². The fourth-order valence-corrected chi connectivity index (χ4v) is 2.10. The highest BCUT2D eigenvalue weighted by molar-refractivity contribution is 5.60. The van der Waals surface area contributed by atoms with Gasteiger partial charge >= 0.3 is 5.69 Å². The molecular weight excluding hydrogens is 274 g/mol. The van der Waals surface area contributed by atoms with Gasteiger partial charge in [0.05, 0.1) is 11.1 Å². The molecule has 0 saturated carbocycles. The van der Waals surface area contributed by atoms with Gasteiger partial charge in [0.2, 0.25) is 5.82 Å². The first kappa shape index (κ1) is 14.8. The highest BCUT2D eigenvalue weighted by Gasteiger charge is 2.26. The molecular formula is C12H19N7O2. The predicted molar refractivity (Wildman–Crippen MR) is 79.0 cm³/mol. The summed E-state index contributed by atoms with van der Waals surface area (Å²) in [7, 11) is 1.74. The van der Waals surface area contributed by atoms with Gasteiger partial charge in [-0.25, -0.2) is 4.68 Å². The normalized spacial score (nSPS) is 11.1. The van der Waals surface area contributed by atoms with Gasteiger partial charge in [-0.15, -0.1) is 0 Å². The van der Waals surface area contributed by atoms with E-state index in [4.69, 9.17) is 5.73 Å². The van der Waals surface area contributed by atoms with Crippen LogP contribution in [0.15, 0.2) is 6.20 Å². The van der Waals surface area contributed by atoms with Crippen LogP contribution in [0.4, 0.5) is 17.3 Å². The van der Waals surface area contributed by atoms with Crippen molar-refractivity contribution in [1.82, 2.24) is 19.6 Å². The van der Waals surface area contributed by atoms with E-state index in [1.807, 2.05) is 13.8 Å². The summed E-state index contributed by atoms with van der Waals surface area (Å²) in [6.07, 6.45) is 1.64. The van der Waals surface area contributed by atoms with Crippen LogP contribution in [0.5, 0.6) is 0 Å². The Morgan fingerprint density at radius 1 is 1.52 bits per heavy atom. The summed E-state index contributed by atoms with van der Waals surface area (Å²) in [5, 5.41) is 22.6. The highest BCUT2D eigenvalue weighted by atomic mass is 16.6. The van der Waals surface area contributed by atoms with Crippen molar-refractivity contribution >= 4 is 17.3 Å². The van der Waals surface area contributed by atoms with E-state index in [-0.39, 0.29) is 11.7 Å². The first-order valence-electron chi connectivity index (χ1n) is 6.56. The number of aryl methyl sites for hydroxylation is 2. The van der Waals surface area contributed by atoms with Crippen molar-refractivity contribution in [2.45, 2.75) is 33.4 Å². The number of hydrogen-bond acceptors (Lipinski definition) is 6. The van der Waals surface area contributed by atoms with Crippen LogP contribution in [0.1, 0.15) is 31.1 Å². The molecule has 0 saturated heterocycles. The molecule has 2 aromatic rings. The second kappa shape index (κ2) is 5.43. The van der Waals surface area contributed by atoms with Crippen molar-refractivity contribution in [3.63, 3.8) is 0 Å². The summed E-state index contributed by atoms with van der Waals surface area (Å²) < 4.78 is 3.16. The number of nitrogen functional groups attached to an aromatic ring is 1. The maximum Gasteiger partial charge on any atom is 0.333 e. The van der Waals surface area contributed by atoms with Crippen molar-refractivity contribution in [2.75, 3.05) is 11.1 Å². The largest absolute Gasteiger partial charge is 0.384 e. The van der Waals surface area contributed by atoms with Crippen LogP contribution in [0, 0.1) is 17.0 Å². The van der Waals surface area contributed by atoms with Gasteiger partial charge in [0.15, 0.2) is 0 Å². The average Bonchev–Trinajstić information content (AvgIpc) is 2.89. The molecule has 9 heteroatoms. The second-order valence-electron chi connectivity index (χ2n) is 5.11. The molecule has 0 aliphatic rings. The molecule has 0 fully saturated rings. The molecule has 0 aliphatic carbocycles. The van der Waals surface area contributed by atoms with Gasteiger partial charge in [0.25, 0.3) is 0 Å². The molecule has 21 heavy (non-hydrogen) atoms. The fourth-order valence-electron chi connectivity index (χ4n) is 2.10. The Balaban J connectivity index is 2.34. The molecule has 9 nitrogen and oxygen atoms in total. The first-order chi connectivity index (χ1) is 9.82. The zero-order chi connectivity index (χ0) is 15.7. The van der Waals surface area contributed by atoms with Crippen LogP contribution < -0.4 is 11.1 Å². The summed E-state index contributed by atoms with van der Waals surface area (Å²) in [6, 6.07) is 0.00569. The molecule has 2 rings (SSSR count). The van der Waals surface area contributed by atoms with Gasteiger partial charge in [-0.1, -0.05) is 0 Å². The minimum Gasteiger partial charge on any atom is -0.384 e. The molecule has 2 aromatic heterocycles. The lowest BCUT2D eigenvalue weighted by molar-refractivity contribution is -0.384. The maximum absolute atomic E-state index is 11.2. The van der Waals surface area contributed by atoms with Gasteiger partial charge < -0.3 is 11.1 Å². The maximum atomic E-state index is 11.2. The molecule has 0 aromatic carbocycles. The van der Waals surface area contributed by atoms with Crippen LogP contribution >= 0.6 is 0 Å². The smallest absolute Gasteiger partial charge is 0.333 e. The molecule has 2 heterocycles. The van der Waals surface area contributed by atoms with Crippen molar-refractivity contribution in [1.29, 1.82) is 0 Å². The van der Waals surface area contributed by atoms with Gasteiger partial charge in [-0.2, -0.15) is 10.2 Å². The topological polar surface area (TPSA) is 117 Å². The molecule has 0 bridgehead atoms. The Bertz CT molecular complexity index is 671. The number of nitrogens with one attached hydrogen (secondary N) is 1. The van der Waals surface area contributed by atoms with Crippen molar-refractivity contribution in [3.8, 4) is 0 Å². The Kier molecular flexibility index (Phi) is 3.83. The number of anilines is 2. The van der Waals surface area contributed by atoms with E-state index in [0.717, 1.165) is 5.56 Å². The third-order valence-corrected chi connectivity index (χ3v) is 3.24. The molecule has 0 atom stereocenters. The zero-order valence-corrected chi connectivity index (χ0v) is 12.5. The van der Waals surface area contributed by atoms with E-state index < -0.39 is 4.92 Å². The van der Waals surface area contributed by atoms with Crippen LogP contribution in [0.2, 0.25) is 0 Å². The van der Waals surface area contributed by atoms with Gasteiger partial charge in [0.1, 0.15) is 11.5 Å². The first-order valence-corrected chi connectivity index (χ1v) is 6.56. The van der Waals surface area contributed by atoms with E-state index >= 15 is 0 Å². The Labute approximate surface area is 121 Å². The third-order valence-electron chi connectivity index (χ3n) is 3.24. The minimum absolute atomic E-state index is 0.00569. The summed E-state index contributed by atoms with van der Waals surface area (Å²) in [6.45, 7) is 5.80. The number of hydrogen-bond donors (Lipinski definition) is 2. The standard InChI is InChI=1S/C12H19N7O2/c1-7(2)18-12(10(19(20)21)8(3)16-18)14-5-9-6-15-17(4)11(9)13/h6-7,14H,5,13H2,1-4H3. The number of rotatable bonds is 5. The van der Waals surface area contributed by atoms with Crippen LogP contribution in [0.25, 0.3) is 0 Å². The summed E-state index contributed by atoms with van der Waals surface area (Å²) in [5.41, 5.74) is 7.03. The van der Waals surface area contributed by atoms with E-state index in [9.17, 15) is 10.1 Å². The minimum atomic E-state index is -0.420. The Hall–Kier alpha value is -2.58. The average molecular weight is 293 g/mol. The number of nitro groups is 1. The van der Waals surface area contributed by atoms with Crippen LogP contribution in [0.3, 0.4) is 0 Å². The molecule has 0 unspecified atom stereocenters. The molecule has 0 amide bonds. The molecule has 0 radical (unpaired) electrons. The lowest BCUT2D eigenvalue weighted by Crippen LogP contribution is -2.11. The monoisotopic (exact) mass is 293 g/mol. The fraction of sp³-hybridized carbons (Fsp3) is 0.500. The summed E-state index contributed by atoms with van der Waals surface area (Å²) >= 11 is 0. The zero-order valence-electron chi connectivity index (χ0n) is 12.5. The quantitative estimate of drug-likeness (QED) is 0.639. The van der Waals surface area contributed by atoms with Crippen molar-refractivity contribution in [3.05, 3.63) is 27.6 Å². The molecule has 3 N–H and O–H groups in total. The van der Waals surface area contributed by atoms with Gasteiger partial charge in [0, 0.05) is 25.2 Å². The van der Waals surface area contributed by atoms with Gasteiger partial charge in [-0.05, 0) is 20.8 Å². The molecule has 114 valence electrons. The van der Waals surface area contributed by atoms with Crippen molar-refractivity contribution in [2.24, 2.45) is 7.05 Å². The van der Waals surface area contributed by atoms with Crippen molar-refractivity contribution < 1.29 is 4.92 Å². The van der Waals surface area contributed by atoms with Crippen LogP contribution in [-0.4, -0.2) is 24.5 Å². The lowest BCUT2D eigenvalue weighted by atomic mass is 10.3. The second-order valence-corrected chi connectivity index (χ2v) is 5.11. The lowest BCUT2D eigenvalue weighted by Gasteiger charge is -2.11. The third kappa shape index (κ3) is 2.67. The molecule has 0 spiro atoms. The van der Waals surface area contributed by atoms with E-state index in [1.165, 1.54) is 0 Å².